The predicted molar refractivity (Wildman–Crippen MR) is 317 cm³/mol. The molecule has 0 bridgehead atoms. The van der Waals surface area contributed by atoms with E-state index in [0.717, 1.165) is 83.5 Å². The third-order valence-corrected chi connectivity index (χ3v) is 15.6. The largest absolute Gasteiger partial charge is 0.756 e. The van der Waals surface area contributed by atoms with E-state index in [2.05, 4.69) is 38.2 Å². The smallest absolute Gasteiger partial charge is 0.306 e. The van der Waals surface area contributed by atoms with E-state index >= 15 is 0 Å². The molecule has 0 aromatic carbocycles. The van der Waals surface area contributed by atoms with Crippen molar-refractivity contribution in [2.75, 3.05) is 40.9 Å². The predicted octanol–water partition coefficient (Wildman–Crippen LogP) is 19.1. The molecule has 1 amide bonds. The lowest BCUT2D eigenvalue weighted by Crippen LogP contribution is -2.47. The van der Waals surface area contributed by atoms with E-state index in [1.54, 1.807) is 0 Å². The topological polar surface area (TPSA) is 114 Å². The number of likely N-dealkylation sites (N-methyl/N-ethyl adjacent to an activating group) is 1. The van der Waals surface area contributed by atoms with Crippen LogP contribution >= 0.6 is 7.82 Å². The Hall–Kier alpha value is -1.51. The first-order valence-corrected chi connectivity index (χ1v) is 33.6. The maximum atomic E-state index is 13.5. The number of allylic oxidation sites excluding steroid dienone is 3. The highest BCUT2D eigenvalue weighted by atomic mass is 31.2. The first-order valence-electron chi connectivity index (χ1n) is 32.1. The van der Waals surface area contributed by atoms with Gasteiger partial charge in [0.15, 0.2) is 0 Å². The fourth-order valence-electron chi connectivity index (χ4n) is 9.62. The molecule has 1 N–H and O–H groups in total. The number of nitrogens with zero attached hydrogens (tertiary/aromatic N) is 1. The van der Waals surface area contributed by atoms with Crippen LogP contribution in [0.15, 0.2) is 24.3 Å². The molecule has 0 aromatic rings. The van der Waals surface area contributed by atoms with Crippen LogP contribution in [0.1, 0.15) is 323 Å². The Labute approximate surface area is 460 Å². The second-order valence-corrected chi connectivity index (χ2v) is 24.7. The van der Waals surface area contributed by atoms with Crippen molar-refractivity contribution in [3.8, 4) is 0 Å². The van der Waals surface area contributed by atoms with Crippen LogP contribution in [0.4, 0.5) is 0 Å². The standard InChI is InChI=1S/C64H125N2O7P/c1-7-10-13-16-19-22-25-27-28-29-30-31-32-33-34-35-36-37-38-39-42-45-48-51-54-57-64(68)73-62(55-52-49-46-43-41-26-23-20-17-14-11-8-2)61(60-72-74(69,70)71-59-58-66(4,5)6)65-63(67)56-53-50-47-44-40-24-21-18-15-12-9-3/h18,21,52,55,61-62H,7-17,19-20,22-51,53-54,56-60H2,1-6H3,(H-,65,67,69,70)/b21-18-,55-52-. The van der Waals surface area contributed by atoms with Gasteiger partial charge in [0, 0.05) is 12.8 Å². The van der Waals surface area contributed by atoms with Crippen LogP contribution < -0.4 is 10.2 Å². The number of quaternary nitrogens is 1. The molecule has 0 aromatic heterocycles. The van der Waals surface area contributed by atoms with Gasteiger partial charge >= 0.3 is 5.97 Å². The Bertz CT molecular complexity index is 1320. The molecule has 9 nitrogen and oxygen atoms in total. The van der Waals surface area contributed by atoms with Gasteiger partial charge in [-0.2, -0.15) is 0 Å². The Morgan fingerprint density at radius 2 is 0.797 bits per heavy atom. The summed E-state index contributed by atoms with van der Waals surface area (Å²) in [6.45, 7) is 6.84. The molecule has 0 aliphatic rings. The fraction of sp³-hybridized carbons (Fsp3) is 0.906. The molecule has 0 spiro atoms. The minimum Gasteiger partial charge on any atom is -0.756 e. The lowest BCUT2D eigenvalue weighted by molar-refractivity contribution is -0.870. The number of nitrogens with one attached hydrogen (secondary N) is 1. The van der Waals surface area contributed by atoms with Crippen LogP contribution in [0.3, 0.4) is 0 Å². The van der Waals surface area contributed by atoms with E-state index in [4.69, 9.17) is 13.8 Å². The average Bonchev–Trinajstić information content (AvgIpc) is 3.36. The van der Waals surface area contributed by atoms with Crippen LogP contribution in [0.25, 0.3) is 0 Å². The maximum absolute atomic E-state index is 13.5. The van der Waals surface area contributed by atoms with E-state index in [-0.39, 0.29) is 31.5 Å². The van der Waals surface area contributed by atoms with Crippen molar-refractivity contribution in [2.45, 2.75) is 335 Å². The van der Waals surface area contributed by atoms with Gasteiger partial charge in [0.05, 0.1) is 33.8 Å². The van der Waals surface area contributed by atoms with Gasteiger partial charge in [-0.05, 0) is 51.0 Å². The molecule has 0 radical (unpaired) electrons. The number of ether oxygens (including phenoxy) is 1. The molecule has 10 heteroatoms. The molecule has 438 valence electrons. The molecular weight excluding hydrogens is 940 g/mol. The molecular formula is C64H125N2O7P. The second kappa shape index (κ2) is 54.8. The first-order chi connectivity index (χ1) is 35.9. The molecule has 3 unspecified atom stereocenters. The fourth-order valence-corrected chi connectivity index (χ4v) is 10.3. The molecule has 3 atom stereocenters. The van der Waals surface area contributed by atoms with E-state index in [1.807, 2.05) is 33.3 Å². The van der Waals surface area contributed by atoms with E-state index in [1.165, 1.54) is 205 Å². The number of phosphoric ester groups is 1. The molecule has 0 saturated heterocycles. The SMILES string of the molecule is CCCC/C=C\CCCCCCCC(=O)NC(COP(=O)([O-])OCC[N+](C)(C)C)C(/C=C\CCCCCCCCCCCC)OC(=O)CCCCCCCCCCCCCCCCCCCCCCCCCCC. The third-order valence-electron chi connectivity index (χ3n) is 14.6. The quantitative estimate of drug-likeness (QED) is 0.0212. The van der Waals surface area contributed by atoms with Gasteiger partial charge in [0.1, 0.15) is 19.3 Å². The summed E-state index contributed by atoms with van der Waals surface area (Å²) in [5, 5.41) is 3.02. The van der Waals surface area contributed by atoms with Crippen molar-refractivity contribution >= 4 is 19.7 Å². The van der Waals surface area contributed by atoms with Crippen molar-refractivity contribution in [3.63, 3.8) is 0 Å². The summed E-state index contributed by atoms with van der Waals surface area (Å²) in [7, 11) is 1.19. The number of phosphoric acid groups is 1. The van der Waals surface area contributed by atoms with E-state index in [0.29, 0.717) is 17.4 Å². The highest BCUT2D eigenvalue weighted by molar-refractivity contribution is 7.45. The minimum absolute atomic E-state index is 0.0206. The van der Waals surface area contributed by atoms with Crippen LogP contribution in [0.2, 0.25) is 0 Å². The number of carbonyl (C=O) groups is 2. The van der Waals surface area contributed by atoms with Crippen LogP contribution in [-0.4, -0.2) is 69.4 Å². The molecule has 0 saturated carbocycles. The van der Waals surface area contributed by atoms with Crippen LogP contribution in [-0.2, 0) is 27.9 Å². The number of esters is 1. The number of hydrogen-bond acceptors (Lipinski definition) is 7. The van der Waals surface area contributed by atoms with Gasteiger partial charge in [0.25, 0.3) is 7.82 Å². The summed E-state index contributed by atoms with van der Waals surface area (Å²) < 4.78 is 30.3. The van der Waals surface area contributed by atoms with Crippen molar-refractivity contribution in [1.29, 1.82) is 0 Å². The molecule has 0 heterocycles. The number of hydrogen-bond donors (Lipinski definition) is 1. The Morgan fingerprint density at radius 3 is 1.19 bits per heavy atom. The monoisotopic (exact) mass is 1060 g/mol. The van der Waals surface area contributed by atoms with Crippen LogP contribution in [0.5, 0.6) is 0 Å². The van der Waals surface area contributed by atoms with Gasteiger partial charge in [-0.15, -0.1) is 0 Å². The highest BCUT2D eigenvalue weighted by Gasteiger charge is 2.27. The summed E-state index contributed by atoms with van der Waals surface area (Å²) >= 11 is 0. The average molecular weight is 1070 g/mol. The van der Waals surface area contributed by atoms with Crippen molar-refractivity contribution < 1.29 is 37.3 Å². The zero-order chi connectivity index (χ0) is 54.3. The Balaban J connectivity index is 4.99. The summed E-state index contributed by atoms with van der Waals surface area (Å²) in [5.41, 5.74) is 0. The van der Waals surface area contributed by atoms with E-state index in [9.17, 15) is 19.0 Å². The lowest BCUT2D eigenvalue weighted by atomic mass is 10.0. The number of amides is 1. The maximum Gasteiger partial charge on any atom is 0.306 e. The summed E-state index contributed by atoms with van der Waals surface area (Å²) in [6.07, 6.45) is 64.5. The van der Waals surface area contributed by atoms with Gasteiger partial charge in [-0.1, -0.05) is 283 Å². The summed E-state index contributed by atoms with van der Waals surface area (Å²) in [4.78, 5) is 39.9. The first kappa shape index (κ1) is 72.5. The molecule has 0 aliphatic carbocycles. The summed E-state index contributed by atoms with van der Waals surface area (Å²) in [6, 6.07) is -0.886. The second-order valence-electron chi connectivity index (χ2n) is 23.3. The lowest BCUT2D eigenvalue weighted by Gasteiger charge is -2.30. The molecule has 74 heavy (non-hydrogen) atoms. The van der Waals surface area contributed by atoms with Crippen molar-refractivity contribution in [2.24, 2.45) is 0 Å². The number of carbonyl (C=O) groups excluding carboxylic acids is 2. The Kier molecular flexibility index (Phi) is 53.7. The Morgan fingerprint density at radius 1 is 0.459 bits per heavy atom. The van der Waals surface area contributed by atoms with Gasteiger partial charge in [-0.25, -0.2) is 0 Å². The number of unbranched alkanes of at least 4 members (excludes halogenated alkanes) is 41. The van der Waals surface area contributed by atoms with Crippen molar-refractivity contribution in [1.82, 2.24) is 5.32 Å². The zero-order valence-electron chi connectivity index (χ0n) is 50.1. The normalized spacial score (nSPS) is 13.8. The summed E-state index contributed by atoms with van der Waals surface area (Å²) in [5.74, 6) is -0.537. The minimum atomic E-state index is -4.69. The van der Waals surface area contributed by atoms with Gasteiger partial charge in [-0.3, -0.25) is 14.2 Å². The highest BCUT2D eigenvalue weighted by Crippen LogP contribution is 2.38. The van der Waals surface area contributed by atoms with Gasteiger partial charge < -0.3 is 28.5 Å². The third kappa shape index (κ3) is 55.3. The van der Waals surface area contributed by atoms with Gasteiger partial charge in [0.2, 0.25) is 5.91 Å². The molecule has 0 fully saturated rings. The zero-order valence-corrected chi connectivity index (χ0v) is 51.0. The van der Waals surface area contributed by atoms with Crippen LogP contribution in [0, 0.1) is 0 Å². The number of rotatable bonds is 59. The molecule has 0 aliphatic heterocycles. The van der Waals surface area contributed by atoms with Crippen molar-refractivity contribution in [3.05, 3.63) is 24.3 Å². The van der Waals surface area contributed by atoms with E-state index < -0.39 is 20.0 Å². The molecule has 0 rings (SSSR count).